The summed E-state index contributed by atoms with van der Waals surface area (Å²) in [7, 11) is 0. The van der Waals surface area contributed by atoms with Gasteiger partial charge in [0, 0.05) is 12.0 Å². The summed E-state index contributed by atoms with van der Waals surface area (Å²) in [6, 6.07) is 15.1. The van der Waals surface area contributed by atoms with E-state index in [0.717, 1.165) is 11.1 Å². The molecule has 2 atom stereocenters. The van der Waals surface area contributed by atoms with Crippen molar-refractivity contribution in [3.63, 3.8) is 0 Å². The first kappa shape index (κ1) is 24.5. The van der Waals surface area contributed by atoms with Crippen molar-refractivity contribution in [2.24, 2.45) is 5.41 Å². The van der Waals surface area contributed by atoms with E-state index in [4.69, 9.17) is 9.15 Å². The fourth-order valence-corrected chi connectivity index (χ4v) is 4.34. The van der Waals surface area contributed by atoms with Crippen LogP contribution in [0.25, 0.3) is 0 Å². The molecule has 1 aliphatic heterocycles. The zero-order chi connectivity index (χ0) is 25.2. The number of fused-ring (bicyclic) bond motifs is 1. The average Bonchev–Trinajstić information content (AvgIpc) is 3.34. The monoisotopic (exact) mass is 478 g/mol. The van der Waals surface area contributed by atoms with E-state index in [1.54, 1.807) is 31.4 Å². The van der Waals surface area contributed by atoms with E-state index in [-0.39, 0.29) is 24.2 Å². The van der Waals surface area contributed by atoms with Gasteiger partial charge in [0.1, 0.15) is 17.3 Å². The van der Waals surface area contributed by atoms with E-state index < -0.39 is 17.6 Å². The van der Waals surface area contributed by atoms with Gasteiger partial charge in [-0.15, -0.1) is 0 Å². The summed E-state index contributed by atoms with van der Waals surface area (Å²) < 4.78 is 25.4. The maximum absolute atomic E-state index is 14.2. The van der Waals surface area contributed by atoms with Crippen LogP contribution in [0.4, 0.5) is 4.39 Å². The molecule has 0 saturated carbocycles. The molecule has 2 heterocycles. The highest BCUT2D eigenvalue weighted by atomic mass is 19.1. The SMILES string of the molecule is CC(Oc1ccc2c(c1)C(c1cccc(F)c1)N(C(=O)C(C)(C)C)CC2)C(=O)NCc1ccco1. The molecule has 1 aromatic heterocycles. The molecular weight excluding hydrogens is 447 g/mol. The predicted octanol–water partition coefficient (Wildman–Crippen LogP) is 5.02. The van der Waals surface area contributed by atoms with Crippen LogP contribution in [-0.2, 0) is 22.6 Å². The number of benzene rings is 2. The molecule has 1 aliphatic rings. The lowest BCUT2D eigenvalue weighted by Crippen LogP contribution is -2.45. The number of nitrogens with zero attached hydrogens (tertiary/aromatic N) is 1. The standard InChI is InChI=1S/C28H31FN2O4/c1-18(26(32)30-17-23-9-6-14-34-23)35-22-11-10-19-12-13-31(27(33)28(2,3)4)25(24(19)16-22)20-7-5-8-21(29)15-20/h5-11,14-16,18,25H,12-13,17H2,1-4H3,(H,30,32). The van der Waals surface area contributed by atoms with E-state index in [9.17, 15) is 14.0 Å². The third-order valence-corrected chi connectivity index (χ3v) is 6.11. The molecule has 0 aliphatic carbocycles. The van der Waals surface area contributed by atoms with Crippen LogP contribution >= 0.6 is 0 Å². The average molecular weight is 479 g/mol. The lowest BCUT2D eigenvalue weighted by atomic mass is 9.85. The maximum atomic E-state index is 14.2. The Bertz CT molecular complexity index is 1200. The molecular formula is C28H31FN2O4. The first-order valence-corrected chi connectivity index (χ1v) is 11.8. The summed E-state index contributed by atoms with van der Waals surface area (Å²) >= 11 is 0. The molecule has 184 valence electrons. The van der Waals surface area contributed by atoms with Gasteiger partial charge in [-0.1, -0.05) is 39.0 Å². The van der Waals surface area contributed by atoms with Crippen molar-refractivity contribution < 1.29 is 23.1 Å². The Kier molecular flexibility index (Phi) is 6.96. The van der Waals surface area contributed by atoms with E-state index >= 15 is 0 Å². The molecule has 0 spiro atoms. The Labute approximate surface area is 205 Å². The van der Waals surface area contributed by atoms with Crippen molar-refractivity contribution >= 4 is 11.8 Å². The van der Waals surface area contributed by atoms with Crippen LogP contribution in [0.3, 0.4) is 0 Å². The zero-order valence-corrected chi connectivity index (χ0v) is 20.5. The molecule has 35 heavy (non-hydrogen) atoms. The number of ether oxygens (including phenoxy) is 1. The smallest absolute Gasteiger partial charge is 0.261 e. The zero-order valence-electron chi connectivity index (χ0n) is 20.5. The number of nitrogens with one attached hydrogen (secondary N) is 1. The first-order valence-electron chi connectivity index (χ1n) is 11.8. The maximum Gasteiger partial charge on any atom is 0.261 e. The van der Waals surface area contributed by atoms with Gasteiger partial charge in [-0.25, -0.2) is 4.39 Å². The van der Waals surface area contributed by atoms with Crippen LogP contribution in [0.2, 0.25) is 0 Å². The van der Waals surface area contributed by atoms with Crippen molar-refractivity contribution in [3.8, 4) is 5.75 Å². The van der Waals surface area contributed by atoms with Gasteiger partial charge in [0.05, 0.1) is 18.8 Å². The van der Waals surface area contributed by atoms with Crippen LogP contribution < -0.4 is 10.1 Å². The van der Waals surface area contributed by atoms with Crippen LogP contribution in [0.1, 0.15) is 56.2 Å². The highest BCUT2D eigenvalue weighted by molar-refractivity contribution is 5.83. The summed E-state index contributed by atoms with van der Waals surface area (Å²) in [5, 5.41) is 2.79. The van der Waals surface area contributed by atoms with Crippen molar-refractivity contribution in [1.82, 2.24) is 10.2 Å². The molecule has 0 radical (unpaired) electrons. The molecule has 6 nitrogen and oxygen atoms in total. The molecule has 1 N–H and O–H groups in total. The Balaban J connectivity index is 1.61. The van der Waals surface area contributed by atoms with Gasteiger partial charge in [0.2, 0.25) is 5.91 Å². The Morgan fingerprint density at radius 3 is 2.66 bits per heavy atom. The summed E-state index contributed by atoms with van der Waals surface area (Å²) in [5.41, 5.74) is 2.06. The molecule has 0 saturated heterocycles. The minimum atomic E-state index is -0.744. The largest absolute Gasteiger partial charge is 0.481 e. The first-order chi connectivity index (χ1) is 16.6. The molecule has 0 fully saturated rings. The van der Waals surface area contributed by atoms with Gasteiger partial charge < -0.3 is 19.4 Å². The number of halogens is 1. The van der Waals surface area contributed by atoms with E-state index in [1.165, 1.54) is 12.1 Å². The summed E-state index contributed by atoms with van der Waals surface area (Å²) in [5.74, 6) is 0.531. The Morgan fingerprint density at radius 2 is 1.97 bits per heavy atom. The molecule has 0 bridgehead atoms. The highest BCUT2D eigenvalue weighted by Crippen LogP contribution is 2.39. The lowest BCUT2D eigenvalue weighted by molar-refractivity contribution is -0.141. The highest BCUT2D eigenvalue weighted by Gasteiger charge is 2.37. The molecule has 2 aromatic carbocycles. The van der Waals surface area contributed by atoms with E-state index in [0.29, 0.717) is 30.0 Å². The van der Waals surface area contributed by atoms with Crippen LogP contribution in [0.5, 0.6) is 5.75 Å². The molecule has 7 heteroatoms. The number of rotatable bonds is 6. The van der Waals surface area contributed by atoms with Gasteiger partial charge in [-0.3, -0.25) is 9.59 Å². The Hall–Kier alpha value is -3.61. The Morgan fingerprint density at radius 1 is 1.17 bits per heavy atom. The fraction of sp³-hybridized carbons (Fsp3) is 0.357. The third kappa shape index (κ3) is 5.56. The summed E-state index contributed by atoms with van der Waals surface area (Å²) in [4.78, 5) is 27.7. The van der Waals surface area contributed by atoms with E-state index in [2.05, 4.69) is 5.32 Å². The van der Waals surface area contributed by atoms with Crippen LogP contribution in [0, 0.1) is 11.2 Å². The third-order valence-electron chi connectivity index (χ3n) is 6.11. The number of furan rings is 1. The second-order valence-corrected chi connectivity index (χ2v) is 9.87. The van der Waals surface area contributed by atoms with Crippen molar-refractivity contribution in [2.75, 3.05) is 6.54 Å². The van der Waals surface area contributed by atoms with Gasteiger partial charge >= 0.3 is 0 Å². The van der Waals surface area contributed by atoms with Gasteiger partial charge in [-0.2, -0.15) is 0 Å². The minimum Gasteiger partial charge on any atom is -0.481 e. The predicted molar refractivity (Wildman–Crippen MR) is 130 cm³/mol. The molecule has 2 unspecified atom stereocenters. The summed E-state index contributed by atoms with van der Waals surface area (Å²) in [6.07, 6.45) is 1.49. The fourth-order valence-electron chi connectivity index (χ4n) is 4.34. The van der Waals surface area contributed by atoms with Gasteiger partial charge in [-0.05, 0) is 66.4 Å². The number of amides is 2. The number of hydrogen-bond acceptors (Lipinski definition) is 4. The van der Waals surface area contributed by atoms with Crippen LogP contribution in [-0.4, -0.2) is 29.4 Å². The van der Waals surface area contributed by atoms with Crippen molar-refractivity contribution in [1.29, 1.82) is 0 Å². The van der Waals surface area contributed by atoms with E-state index in [1.807, 2.05) is 49.9 Å². The molecule has 4 rings (SSSR count). The summed E-state index contributed by atoms with van der Waals surface area (Å²) in [6.45, 7) is 8.14. The normalized spacial score (nSPS) is 16.4. The molecule has 3 aromatic rings. The second-order valence-electron chi connectivity index (χ2n) is 9.87. The quantitative estimate of drug-likeness (QED) is 0.540. The topological polar surface area (TPSA) is 71.8 Å². The minimum absolute atomic E-state index is 0.00518. The number of hydrogen-bond donors (Lipinski definition) is 1. The number of carbonyl (C=O) groups is 2. The number of carbonyl (C=O) groups excluding carboxylic acids is 2. The van der Waals surface area contributed by atoms with Crippen LogP contribution in [0.15, 0.2) is 65.3 Å². The van der Waals surface area contributed by atoms with Gasteiger partial charge in [0.25, 0.3) is 5.91 Å². The van der Waals surface area contributed by atoms with Crippen molar-refractivity contribution in [3.05, 3.63) is 89.1 Å². The second kappa shape index (κ2) is 9.94. The van der Waals surface area contributed by atoms with Gasteiger partial charge in [0.15, 0.2) is 6.10 Å². The lowest BCUT2D eigenvalue weighted by Gasteiger charge is -2.41. The van der Waals surface area contributed by atoms with Crippen molar-refractivity contribution in [2.45, 2.75) is 52.8 Å². The molecule has 2 amide bonds.